The Morgan fingerprint density at radius 2 is 2.08 bits per heavy atom. The molecule has 2 aliphatic rings. The number of likely N-dealkylation sites (tertiary alicyclic amines) is 1. The molecule has 1 atom stereocenters. The second kappa shape index (κ2) is 8.32. The maximum absolute atomic E-state index is 12.3. The Labute approximate surface area is 153 Å². The summed E-state index contributed by atoms with van der Waals surface area (Å²) >= 11 is 1.68. The van der Waals surface area contributed by atoms with Crippen LogP contribution in [0, 0.1) is 5.41 Å². The Hall–Kier alpha value is -1.11. The second-order valence-electron chi connectivity index (χ2n) is 6.48. The van der Waals surface area contributed by atoms with E-state index in [1.54, 1.807) is 11.8 Å². The number of nitrogens with two attached hydrogens (primary N) is 1. The van der Waals surface area contributed by atoms with Crippen molar-refractivity contribution in [2.24, 2.45) is 11.1 Å². The highest BCUT2D eigenvalue weighted by Gasteiger charge is 2.34. The van der Waals surface area contributed by atoms with Crippen LogP contribution in [0.3, 0.4) is 0 Å². The van der Waals surface area contributed by atoms with Gasteiger partial charge in [0.25, 0.3) is 0 Å². The fourth-order valence-electron chi connectivity index (χ4n) is 2.93. The highest BCUT2D eigenvalue weighted by Crippen LogP contribution is 2.34. The molecule has 1 unspecified atom stereocenters. The molecule has 0 aromatic heterocycles. The molecule has 1 saturated heterocycles. The Morgan fingerprint density at radius 3 is 2.79 bits per heavy atom. The predicted octanol–water partition coefficient (Wildman–Crippen LogP) is 2.56. The third kappa shape index (κ3) is 4.49. The molecule has 5 nitrogen and oxygen atoms in total. The topological polar surface area (TPSA) is 64.8 Å². The summed E-state index contributed by atoms with van der Waals surface area (Å²) in [7, 11) is 0. The van der Waals surface area contributed by atoms with Crippen LogP contribution in [0.5, 0.6) is 11.5 Å². The first kappa shape index (κ1) is 19.2. The molecule has 1 fully saturated rings. The highest BCUT2D eigenvalue weighted by atomic mass is 35.5. The number of nitrogens with zero attached hydrogens (tertiary/aromatic N) is 1. The number of fused-ring (bicyclic) bond motifs is 1. The first-order valence-corrected chi connectivity index (χ1v) is 9.08. The minimum absolute atomic E-state index is 0. The van der Waals surface area contributed by atoms with E-state index in [1.165, 1.54) is 0 Å². The molecular formula is C17H25ClN2O3S. The summed E-state index contributed by atoms with van der Waals surface area (Å²) in [5, 5.41) is 0. The van der Waals surface area contributed by atoms with Crippen LogP contribution < -0.4 is 15.2 Å². The van der Waals surface area contributed by atoms with Crippen molar-refractivity contribution in [1.29, 1.82) is 0 Å². The molecule has 3 rings (SSSR count). The quantitative estimate of drug-likeness (QED) is 0.805. The molecule has 2 aliphatic heterocycles. The summed E-state index contributed by atoms with van der Waals surface area (Å²) in [6.07, 6.45) is 1.56. The lowest BCUT2D eigenvalue weighted by Gasteiger charge is -2.22. The van der Waals surface area contributed by atoms with Gasteiger partial charge in [-0.3, -0.25) is 4.79 Å². The summed E-state index contributed by atoms with van der Waals surface area (Å²) in [5.41, 5.74) is 5.89. The van der Waals surface area contributed by atoms with Crippen molar-refractivity contribution in [2.75, 3.05) is 38.6 Å². The SMILES string of the molecule is CC1(CN)CCN(C(=O)CCSc2ccc3c(c2)OCCO3)C1.Cl. The molecule has 2 heterocycles. The fourth-order valence-corrected chi connectivity index (χ4v) is 3.80. The number of thioether (sulfide) groups is 1. The van der Waals surface area contributed by atoms with E-state index in [0.29, 0.717) is 26.2 Å². The molecule has 1 aromatic carbocycles. The van der Waals surface area contributed by atoms with Crippen LogP contribution in [0.2, 0.25) is 0 Å². The molecule has 7 heteroatoms. The van der Waals surface area contributed by atoms with E-state index in [0.717, 1.165) is 41.7 Å². The third-order valence-corrected chi connectivity index (χ3v) is 5.50. The van der Waals surface area contributed by atoms with E-state index in [9.17, 15) is 4.79 Å². The van der Waals surface area contributed by atoms with Crippen molar-refractivity contribution in [3.63, 3.8) is 0 Å². The first-order valence-electron chi connectivity index (χ1n) is 8.10. The van der Waals surface area contributed by atoms with Gasteiger partial charge in [-0.1, -0.05) is 6.92 Å². The number of hydrogen-bond donors (Lipinski definition) is 1. The number of amides is 1. The van der Waals surface area contributed by atoms with Crippen molar-refractivity contribution in [3.8, 4) is 11.5 Å². The van der Waals surface area contributed by atoms with Crippen LogP contribution in [0.1, 0.15) is 19.8 Å². The largest absolute Gasteiger partial charge is 0.486 e. The second-order valence-corrected chi connectivity index (χ2v) is 7.65. The van der Waals surface area contributed by atoms with Crippen LogP contribution in [-0.2, 0) is 4.79 Å². The van der Waals surface area contributed by atoms with Gasteiger partial charge in [0, 0.05) is 30.2 Å². The summed E-state index contributed by atoms with van der Waals surface area (Å²) in [5.74, 6) is 2.60. The average Bonchev–Trinajstić information content (AvgIpc) is 2.98. The van der Waals surface area contributed by atoms with Crippen molar-refractivity contribution < 1.29 is 14.3 Å². The lowest BCUT2D eigenvalue weighted by Crippen LogP contribution is -2.34. The minimum Gasteiger partial charge on any atom is -0.486 e. The maximum Gasteiger partial charge on any atom is 0.223 e. The number of ether oxygens (including phenoxy) is 2. The Morgan fingerprint density at radius 1 is 1.33 bits per heavy atom. The zero-order valence-corrected chi connectivity index (χ0v) is 15.6. The van der Waals surface area contributed by atoms with E-state index in [4.69, 9.17) is 15.2 Å². The predicted molar refractivity (Wildman–Crippen MR) is 98.4 cm³/mol. The number of hydrogen-bond acceptors (Lipinski definition) is 5. The summed E-state index contributed by atoms with van der Waals surface area (Å²) in [6, 6.07) is 5.95. The van der Waals surface area contributed by atoms with Gasteiger partial charge in [-0.15, -0.1) is 24.2 Å². The Kier molecular flexibility index (Phi) is 6.66. The Bertz CT molecular complexity index is 587. The molecular weight excluding hydrogens is 348 g/mol. The number of rotatable bonds is 5. The minimum atomic E-state index is 0. The van der Waals surface area contributed by atoms with Gasteiger partial charge in [-0.25, -0.2) is 0 Å². The Balaban J connectivity index is 0.00000208. The monoisotopic (exact) mass is 372 g/mol. The molecule has 0 bridgehead atoms. The van der Waals surface area contributed by atoms with Gasteiger partial charge in [0.1, 0.15) is 13.2 Å². The molecule has 134 valence electrons. The first-order chi connectivity index (χ1) is 11.1. The van der Waals surface area contributed by atoms with Gasteiger partial charge >= 0.3 is 0 Å². The maximum atomic E-state index is 12.3. The van der Waals surface area contributed by atoms with Crippen LogP contribution in [0.25, 0.3) is 0 Å². The molecule has 2 N–H and O–H groups in total. The average molecular weight is 373 g/mol. The number of carbonyl (C=O) groups is 1. The smallest absolute Gasteiger partial charge is 0.223 e. The van der Waals surface area contributed by atoms with Crippen molar-refractivity contribution >= 4 is 30.1 Å². The summed E-state index contributed by atoms with van der Waals surface area (Å²) in [4.78, 5) is 15.4. The van der Waals surface area contributed by atoms with E-state index < -0.39 is 0 Å². The van der Waals surface area contributed by atoms with Crippen LogP contribution in [0.4, 0.5) is 0 Å². The van der Waals surface area contributed by atoms with Gasteiger partial charge in [0.05, 0.1) is 0 Å². The van der Waals surface area contributed by atoms with Gasteiger partial charge in [-0.2, -0.15) is 0 Å². The standard InChI is InChI=1S/C17H24N2O3S.ClH/c1-17(11-18)5-6-19(12-17)16(20)4-9-23-13-2-3-14-15(10-13)22-8-7-21-14;/h2-3,10H,4-9,11-12,18H2,1H3;1H. The summed E-state index contributed by atoms with van der Waals surface area (Å²) in [6.45, 7) is 5.62. The number of carbonyl (C=O) groups excluding carboxylic acids is 1. The highest BCUT2D eigenvalue weighted by molar-refractivity contribution is 7.99. The molecule has 0 spiro atoms. The molecule has 1 aromatic rings. The molecule has 0 saturated carbocycles. The van der Waals surface area contributed by atoms with Gasteiger partial charge in [-0.05, 0) is 36.6 Å². The molecule has 1 amide bonds. The fraction of sp³-hybridized carbons (Fsp3) is 0.588. The van der Waals surface area contributed by atoms with Crippen LogP contribution in [-0.4, -0.2) is 49.4 Å². The van der Waals surface area contributed by atoms with Gasteiger partial charge in [0.15, 0.2) is 11.5 Å². The zero-order valence-electron chi connectivity index (χ0n) is 14.0. The van der Waals surface area contributed by atoms with Crippen molar-refractivity contribution in [2.45, 2.75) is 24.7 Å². The molecule has 0 aliphatic carbocycles. The van der Waals surface area contributed by atoms with Crippen LogP contribution in [0.15, 0.2) is 23.1 Å². The lowest BCUT2D eigenvalue weighted by atomic mass is 9.90. The number of halogens is 1. The van der Waals surface area contributed by atoms with Gasteiger partial charge in [0.2, 0.25) is 5.91 Å². The normalized spacial score (nSPS) is 22.2. The van der Waals surface area contributed by atoms with E-state index >= 15 is 0 Å². The third-order valence-electron chi connectivity index (χ3n) is 4.50. The number of benzene rings is 1. The van der Waals surface area contributed by atoms with E-state index in [1.807, 2.05) is 23.1 Å². The lowest BCUT2D eigenvalue weighted by molar-refractivity contribution is -0.130. The van der Waals surface area contributed by atoms with E-state index in [-0.39, 0.29) is 23.7 Å². The molecule has 24 heavy (non-hydrogen) atoms. The zero-order chi connectivity index (χ0) is 16.3. The molecule has 0 radical (unpaired) electrons. The van der Waals surface area contributed by atoms with Crippen LogP contribution >= 0.6 is 24.2 Å². The van der Waals surface area contributed by atoms with E-state index in [2.05, 4.69) is 6.92 Å². The van der Waals surface area contributed by atoms with Crippen molar-refractivity contribution in [1.82, 2.24) is 4.90 Å². The van der Waals surface area contributed by atoms with Gasteiger partial charge < -0.3 is 20.1 Å². The summed E-state index contributed by atoms with van der Waals surface area (Å²) < 4.78 is 11.1. The van der Waals surface area contributed by atoms with Crippen molar-refractivity contribution in [3.05, 3.63) is 18.2 Å².